The van der Waals surface area contributed by atoms with Crippen LogP contribution in [0.1, 0.15) is 6.42 Å². The Kier molecular flexibility index (Phi) is 31.5. The summed E-state index contributed by atoms with van der Waals surface area (Å²) in [5.41, 5.74) is 0.928. The molecular weight excluding hydrogens is 1130 g/mol. The Morgan fingerprint density at radius 1 is 0.506 bits per heavy atom. The number of hydrogen-bond donors (Lipinski definition) is 13. The summed E-state index contributed by atoms with van der Waals surface area (Å²) >= 11 is 0. The van der Waals surface area contributed by atoms with Crippen molar-refractivity contribution in [1.82, 2.24) is 15.4 Å². The Bertz CT molecular complexity index is 2280. The van der Waals surface area contributed by atoms with E-state index >= 15 is 0 Å². The van der Waals surface area contributed by atoms with Crippen LogP contribution >= 0.6 is 0 Å². The maximum atomic E-state index is 13.0. The van der Waals surface area contributed by atoms with Crippen molar-refractivity contribution in [3.8, 4) is 0 Å². The summed E-state index contributed by atoms with van der Waals surface area (Å²) in [6.45, 7) is 1.65. The Morgan fingerprint density at radius 3 is 1.48 bits per heavy atom. The molecule has 3 saturated heterocycles. The highest BCUT2D eigenvalue weighted by molar-refractivity contribution is 7.89. The number of ether oxygens (including phenoxy) is 13. The second kappa shape index (κ2) is 37.2. The number of fused-ring (bicyclic) bond motifs is 1. The average Bonchev–Trinajstić information content (AvgIpc) is 3.51. The minimum atomic E-state index is -3.74. The van der Waals surface area contributed by atoms with Crippen molar-refractivity contribution < 1.29 is 131 Å². The first kappa shape index (κ1) is 70.2. The van der Waals surface area contributed by atoms with Crippen LogP contribution in [0.4, 0.5) is 5.69 Å². The zero-order valence-corrected chi connectivity index (χ0v) is 47.3. The summed E-state index contributed by atoms with van der Waals surface area (Å²) in [6, 6.07) is 10.8. The second-order valence-corrected chi connectivity index (χ2v) is 21.0. The molecule has 0 saturated carbocycles. The molecule has 2 amide bonds. The highest BCUT2D eigenvalue weighted by Gasteiger charge is 2.54. The van der Waals surface area contributed by atoms with Gasteiger partial charge in [0.25, 0.3) is 0 Å². The lowest BCUT2D eigenvalue weighted by Crippen LogP contribution is -2.68. The molecule has 0 aliphatic carbocycles. The van der Waals surface area contributed by atoms with Gasteiger partial charge in [0, 0.05) is 43.5 Å². The van der Waals surface area contributed by atoms with E-state index in [-0.39, 0.29) is 50.9 Å². The summed E-state index contributed by atoms with van der Waals surface area (Å²) in [4.78, 5) is 27.6. The molecule has 3 heterocycles. The van der Waals surface area contributed by atoms with Gasteiger partial charge >= 0.3 is 0 Å². The molecule has 2 aromatic carbocycles. The van der Waals surface area contributed by atoms with Gasteiger partial charge in [0.2, 0.25) is 21.8 Å². The predicted molar refractivity (Wildman–Crippen MR) is 285 cm³/mol. The molecule has 0 spiro atoms. The fraction of sp³-hybridized carbons (Fsp3) is 0.765. The number of carbonyl (C=O) groups is 2. The quantitative estimate of drug-likeness (QED) is 0.0276. The lowest BCUT2D eigenvalue weighted by molar-refractivity contribution is -0.374. The minimum Gasteiger partial charge on any atom is -0.394 e. The highest BCUT2D eigenvalue weighted by atomic mass is 32.2. The van der Waals surface area contributed by atoms with Gasteiger partial charge in [-0.15, -0.1) is 0 Å². The van der Waals surface area contributed by atoms with E-state index in [4.69, 9.17) is 61.6 Å². The van der Waals surface area contributed by atoms with Gasteiger partial charge in [-0.2, -0.15) is 0 Å². The Labute approximate surface area is 480 Å². The van der Waals surface area contributed by atoms with Crippen LogP contribution in [0.3, 0.4) is 0 Å². The van der Waals surface area contributed by atoms with E-state index in [1.807, 2.05) is 37.2 Å². The first-order valence-corrected chi connectivity index (χ1v) is 28.6. The molecule has 3 aliphatic rings. The molecule has 2 aromatic rings. The highest BCUT2D eigenvalue weighted by Crippen LogP contribution is 2.33. The lowest BCUT2D eigenvalue weighted by atomic mass is 9.96. The zero-order chi connectivity index (χ0) is 60.3. The van der Waals surface area contributed by atoms with Crippen molar-refractivity contribution in [2.24, 2.45) is 0 Å². The predicted octanol–water partition coefficient (Wildman–Crippen LogP) is -6.61. The van der Waals surface area contributed by atoms with E-state index in [9.17, 15) is 69.1 Å². The molecule has 31 nitrogen and oxygen atoms in total. The number of sulfonamides is 1. The molecule has 0 aromatic heterocycles. The second-order valence-electron chi connectivity index (χ2n) is 19.3. The number of aliphatic hydroxyl groups excluding tert-OH is 10. The summed E-state index contributed by atoms with van der Waals surface area (Å²) < 4.78 is 100. The van der Waals surface area contributed by atoms with Crippen LogP contribution in [0.5, 0.6) is 0 Å². The van der Waals surface area contributed by atoms with E-state index in [0.29, 0.717) is 78.1 Å². The van der Waals surface area contributed by atoms with Crippen molar-refractivity contribution in [3.63, 3.8) is 0 Å². The molecule has 0 bridgehead atoms. The van der Waals surface area contributed by atoms with Crippen molar-refractivity contribution in [2.75, 3.05) is 158 Å². The number of amides is 2. The monoisotopic (exact) mass is 1220 g/mol. The molecule has 32 heteroatoms. The number of aliphatic hydroxyl groups is 10. The molecule has 15 atom stereocenters. The largest absolute Gasteiger partial charge is 0.394 e. The van der Waals surface area contributed by atoms with Crippen molar-refractivity contribution in [2.45, 2.75) is 103 Å². The topological polar surface area (TPSA) is 430 Å². The SMILES string of the molecule is CN(C)c1cccc2c(S(=O)(=O)NCCOCCOCCOCCOCCOCCOCCOCCOCCC(=O)NCC(=O)N[C@@H]3O[C@H](CO)[C@@H](O)[C@H](O)[C@@H]3O[C@H]3O[C@H](CO)[C@@H](O)[C@H](O[C@@H]4O[C@@H](CO)[C@H](O)[C@@H](O)[C@@H]4O)[C@@H]3O)cccc12. The van der Waals surface area contributed by atoms with Crippen molar-refractivity contribution in [1.29, 1.82) is 0 Å². The summed E-state index contributed by atoms with van der Waals surface area (Å²) in [7, 11) is 0.0748. The van der Waals surface area contributed by atoms with Crippen LogP contribution in [-0.2, 0) is 81.2 Å². The third-order valence-corrected chi connectivity index (χ3v) is 14.6. The Hall–Kier alpha value is -3.57. The van der Waals surface area contributed by atoms with Gasteiger partial charge in [-0.1, -0.05) is 24.3 Å². The van der Waals surface area contributed by atoms with Crippen LogP contribution in [0.25, 0.3) is 10.8 Å². The summed E-state index contributed by atoms with van der Waals surface area (Å²) in [6.07, 6.45) is -26.9. The van der Waals surface area contributed by atoms with Crippen molar-refractivity contribution in [3.05, 3.63) is 36.4 Å². The third kappa shape index (κ3) is 22.0. The lowest BCUT2D eigenvalue weighted by Gasteiger charge is -2.48. The maximum Gasteiger partial charge on any atom is 0.241 e. The molecule has 13 N–H and O–H groups in total. The molecule has 5 rings (SSSR count). The fourth-order valence-electron chi connectivity index (χ4n) is 8.67. The number of rotatable bonds is 40. The van der Waals surface area contributed by atoms with Gasteiger partial charge in [-0.25, -0.2) is 13.1 Å². The molecular formula is C51H84N4O27S. The molecule has 0 radical (unpaired) electrons. The standard InChI is InChI=1S/C51H84N4O27S/c1-55(2)33-7-3-6-32-31(33)5-4-8-37(32)83(68,69)53-10-12-71-14-16-73-18-20-75-22-24-77-26-25-76-23-21-74-19-17-72-15-13-70-11-9-38(59)52-27-39(60)54-49-48(44(65)41(62)34(28-56)78-49)82-51-46(67)47(42(63)36(30-58)80-51)81-50-45(66)43(64)40(61)35(29-57)79-50/h3-8,34-36,40-51,53,56-58,61-67H,9-30H2,1-2H3,(H,52,59)(H,54,60)/t34-,35+,36-,40+,41-,42-,43-,44+,45+,46+,47+,48+,49-,50+,51-/m1/s1. The molecule has 476 valence electrons. The summed E-state index contributed by atoms with van der Waals surface area (Å²) in [5, 5.41) is 110. The number of carbonyl (C=O) groups excluding carboxylic acids is 2. The van der Waals surface area contributed by atoms with Crippen LogP contribution in [-0.4, -0.2) is 316 Å². The first-order chi connectivity index (χ1) is 39.9. The van der Waals surface area contributed by atoms with E-state index in [1.165, 1.54) is 0 Å². The number of nitrogens with one attached hydrogen (secondary N) is 3. The smallest absolute Gasteiger partial charge is 0.241 e. The van der Waals surface area contributed by atoms with Gasteiger partial charge in [-0.05, 0) is 12.1 Å². The average molecular weight is 1220 g/mol. The van der Waals surface area contributed by atoms with Gasteiger partial charge in [0.1, 0.15) is 73.2 Å². The van der Waals surface area contributed by atoms with Crippen LogP contribution in [0, 0.1) is 0 Å². The molecule has 3 fully saturated rings. The van der Waals surface area contributed by atoms with Crippen molar-refractivity contribution >= 4 is 38.3 Å². The first-order valence-electron chi connectivity index (χ1n) is 27.2. The van der Waals surface area contributed by atoms with Crippen LogP contribution in [0.15, 0.2) is 41.3 Å². The van der Waals surface area contributed by atoms with E-state index in [1.54, 1.807) is 18.2 Å². The van der Waals surface area contributed by atoms with Gasteiger partial charge in [-0.3, -0.25) is 9.59 Å². The zero-order valence-electron chi connectivity index (χ0n) is 46.4. The molecule has 0 unspecified atom stereocenters. The number of nitrogens with zero attached hydrogens (tertiary/aromatic N) is 1. The van der Waals surface area contributed by atoms with Crippen LogP contribution < -0.4 is 20.3 Å². The minimum absolute atomic E-state index is 0.0154. The molecule has 83 heavy (non-hydrogen) atoms. The van der Waals surface area contributed by atoms with E-state index in [2.05, 4.69) is 15.4 Å². The van der Waals surface area contributed by atoms with Gasteiger partial charge in [0.15, 0.2) is 18.8 Å². The number of benzene rings is 2. The summed E-state index contributed by atoms with van der Waals surface area (Å²) in [5.74, 6) is -1.46. The molecule has 3 aliphatic heterocycles. The van der Waals surface area contributed by atoms with Gasteiger partial charge in [0.05, 0.1) is 137 Å². The maximum absolute atomic E-state index is 13.0. The van der Waals surface area contributed by atoms with Crippen LogP contribution in [0.2, 0.25) is 0 Å². The Morgan fingerprint density at radius 2 is 0.952 bits per heavy atom. The van der Waals surface area contributed by atoms with Gasteiger partial charge < -0.3 is 128 Å². The number of anilines is 1. The normalized spacial score (nSPS) is 28.6. The Balaban J connectivity index is 0.820. The van der Waals surface area contributed by atoms with E-state index < -0.39 is 140 Å². The van der Waals surface area contributed by atoms with E-state index in [0.717, 1.165) is 11.1 Å². The third-order valence-electron chi connectivity index (χ3n) is 13.1. The number of hydrogen-bond acceptors (Lipinski definition) is 28. The fourth-order valence-corrected chi connectivity index (χ4v) is 9.91.